The molecule has 0 amide bonds. The third-order valence-electron chi connectivity index (χ3n) is 6.86. The van der Waals surface area contributed by atoms with Crippen molar-refractivity contribution >= 4 is 0 Å². The molecule has 162 valence electrons. The minimum Gasteiger partial charge on any atom is -0.378 e. The third-order valence-corrected chi connectivity index (χ3v) is 6.86. The Morgan fingerprint density at radius 1 is 0.833 bits per heavy atom. The van der Waals surface area contributed by atoms with Crippen LogP contribution in [0.25, 0.3) is 11.1 Å². The molecule has 4 rings (SSSR count). The van der Waals surface area contributed by atoms with Gasteiger partial charge >= 0.3 is 0 Å². The summed E-state index contributed by atoms with van der Waals surface area (Å²) in [5.41, 5.74) is 2.41. The van der Waals surface area contributed by atoms with E-state index in [1.54, 1.807) is 19.1 Å². The Balaban J connectivity index is 1.34. The summed E-state index contributed by atoms with van der Waals surface area (Å²) in [5.74, 6) is -0.366. The lowest BCUT2D eigenvalue weighted by Gasteiger charge is -2.38. The summed E-state index contributed by atoms with van der Waals surface area (Å²) in [6, 6.07) is 10.9. The topological polar surface area (TPSA) is 18.5 Å². The minimum atomic E-state index is -0.782. The summed E-state index contributed by atoms with van der Waals surface area (Å²) in [6.45, 7) is 5.43. The van der Waals surface area contributed by atoms with E-state index in [1.165, 1.54) is 25.7 Å². The van der Waals surface area contributed by atoms with E-state index in [4.69, 9.17) is 9.47 Å². The number of halogens is 2. The van der Waals surface area contributed by atoms with Crippen LogP contribution in [0.1, 0.15) is 62.7 Å². The molecule has 2 fully saturated rings. The fraction of sp³-hybridized carbons (Fsp3) is 0.538. The van der Waals surface area contributed by atoms with Crippen molar-refractivity contribution in [3.05, 3.63) is 59.2 Å². The molecule has 2 aromatic carbocycles. The molecule has 2 nitrogen and oxygen atoms in total. The van der Waals surface area contributed by atoms with E-state index in [-0.39, 0.29) is 6.10 Å². The highest BCUT2D eigenvalue weighted by atomic mass is 19.2. The van der Waals surface area contributed by atoms with Gasteiger partial charge in [-0.3, -0.25) is 0 Å². The molecule has 0 bridgehead atoms. The maximum atomic E-state index is 14.3. The van der Waals surface area contributed by atoms with Crippen LogP contribution in [0.15, 0.2) is 36.4 Å². The SMILES string of the molecule is CCCC1CCC(C2CCC(c3ccc(-c4ccc(C)c(F)c4F)cc3)OC2)CO1. The van der Waals surface area contributed by atoms with Crippen molar-refractivity contribution in [3.8, 4) is 11.1 Å². The fourth-order valence-electron chi connectivity index (χ4n) is 4.90. The van der Waals surface area contributed by atoms with Gasteiger partial charge in [-0.1, -0.05) is 49.7 Å². The van der Waals surface area contributed by atoms with Crippen LogP contribution in [0.5, 0.6) is 0 Å². The van der Waals surface area contributed by atoms with Crippen molar-refractivity contribution in [1.82, 2.24) is 0 Å². The Labute approximate surface area is 178 Å². The number of hydrogen-bond donors (Lipinski definition) is 0. The molecule has 4 atom stereocenters. The monoisotopic (exact) mass is 414 g/mol. The molecule has 2 aliphatic rings. The summed E-state index contributed by atoms with van der Waals surface area (Å²) in [6.07, 6.45) is 7.45. The van der Waals surface area contributed by atoms with Gasteiger partial charge in [-0.05, 0) is 67.6 Å². The molecule has 0 radical (unpaired) electrons. The molecule has 4 heteroatoms. The Kier molecular flexibility index (Phi) is 6.84. The Morgan fingerprint density at radius 2 is 1.53 bits per heavy atom. The van der Waals surface area contributed by atoms with Crippen LogP contribution in [0.3, 0.4) is 0 Å². The van der Waals surface area contributed by atoms with E-state index in [9.17, 15) is 8.78 Å². The fourth-order valence-corrected chi connectivity index (χ4v) is 4.90. The van der Waals surface area contributed by atoms with Gasteiger partial charge in [0.1, 0.15) is 0 Å². The van der Waals surface area contributed by atoms with Gasteiger partial charge in [-0.15, -0.1) is 0 Å². The number of aryl methyl sites for hydroxylation is 1. The van der Waals surface area contributed by atoms with E-state index in [0.717, 1.165) is 31.6 Å². The van der Waals surface area contributed by atoms with Crippen molar-refractivity contribution < 1.29 is 18.3 Å². The zero-order valence-electron chi connectivity index (χ0n) is 18.0. The molecular formula is C26H32F2O2. The maximum absolute atomic E-state index is 14.3. The van der Waals surface area contributed by atoms with Crippen LogP contribution in [-0.2, 0) is 9.47 Å². The molecule has 0 aliphatic carbocycles. The van der Waals surface area contributed by atoms with Crippen LogP contribution < -0.4 is 0 Å². The minimum absolute atomic E-state index is 0.0762. The largest absolute Gasteiger partial charge is 0.378 e. The number of benzene rings is 2. The van der Waals surface area contributed by atoms with Gasteiger partial charge in [0, 0.05) is 5.56 Å². The second-order valence-electron chi connectivity index (χ2n) is 8.92. The highest BCUT2D eigenvalue weighted by Gasteiger charge is 2.32. The second kappa shape index (κ2) is 9.57. The van der Waals surface area contributed by atoms with Gasteiger partial charge in [-0.25, -0.2) is 8.78 Å². The van der Waals surface area contributed by atoms with Crippen molar-refractivity contribution in [3.63, 3.8) is 0 Å². The van der Waals surface area contributed by atoms with Crippen LogP contribution in [0, 0.1) is 30.4 Å². The van der Waals surface area contributed by atoms with E-state index in [1.807, 2.05) is 24.3 Å². The zero-order valence-corrected chi connectivity index (χ0v) is 18.0. The molecule has 4 unspecified atom stereocenters. The Morgan fingerprint density at radius 3 is 2.13 bits per heavy atom. The predicted octanol–water partition coefficient (Wildman–Crippen LogP) is 7.00. The average molecular weight is 415 g/mol. The van der Waals surface area contributed by atoms with Crippen molar-refractivity contribution in [1.29, 1.82) is 0 Å². The van der Waals surface area contributed by atoms with Gasteiger partial charge in [0.15, 0.2) is 11.6 Å². The molecule has 0 N–H and O–H groups in total. The van der Waals surface area contributed by atoms with E-state index in [2.05, 4.69) is 6.92 Å². The standard InChI is InChI=1S/C26H32F2O2/c1-3-4-22-12-10-20(15-29-22)21-11-14-24(30-16-21)19-8-6-18(7-9-19)23-13-5-17(2)25(27)26(23)28/h5-9,13,20-22,24H,3-4,10-12,14-16H2,1-2H3. The first kappa shape index (κ1) is 21.5. The average Bonchev–Trinajstić information content (AvgIpc) is 2.79. The van der Waals surface area contributed by atoms with Crippen LogP contribution in [0.2, 0.25) is 0 Å². The molecule has 0 aromatic heterocycles. The summed E-state index contributed by atoms with van der Waals surface area (Å²) >= 11 is 0. The smallest absolute Gasteiger partial charge is 0.166 e. The molecule has 2 saturated heterocycles. The summed E-state index contributed by atoms with van der Waals surface area (Å²) in [7, 11) is 0. The maximum Gasteiger partial charge on any atom is 0.166 e. The second-order valence-corrected chi connectivity index (χ2v) is 8.92. The number of rotatable bonds is 5. The highest BCUT2D eigenvalue weighted by molar-refractivity contribution is 5.65. The summed E-state index contributed by atoms with van der Waals surface area (Å²) in [5, 5.41) is 0. The Bertz CT molecular complexity index is 833. The van der Waals surface area contributed by atoms with Gasteiger partial charge in [0.05, 0.1) is 25.4 Å². The quantitative estimate of drug-likeness (QED) is 0.524. The molecule has 30 heavy (non-hydrogen) atoms. The first-order valence-electron chi connectivity index (χ1n) is 11.3. The number of ether oxygens (including phenoxy) is 2. The van der Waals surface area contributed by atoms with Crippen molar-refractivity contribution in [2.24, 2.45) is 11.8 Å². The van der Waals surface area contributed by atoms with Crippen molar-refractivity contribution in [2.75, 3.05) is 13.2 Å². The first-order chi connectivity index (χ1) is 14.6. The molecular weight excluding hydrogens is 382 g/mol. The van der Waals surface area contributed by atoms with Crippen LogP contribution in [-0.4, -0.2) is 19.3 Å². The predicted molar refractivity (Wildman–Crippen MR) is 115 cm³/mol. The lowest BCUT2D eigenvalue weighted by atomic mass is 9.81. The molecule has 2 aliphatic heterocycles. The van der Waals surface area contributed by atoms with Crippen molar-refractivity contribution in [2.45, 2.75) is 64.6 Å². The molecule has 0 saturated carbocycles. The van der Waals surface area contributed by atoms with Gasteiger partial charge in [0.25, 0.3) is 0 Å². The molecule has 2 aromatic rings. The third kappa shape index (κ3) is 4.60. The zero-order chi connectivity index (χ0) is 21.1. The number of hydrogen-bond acceptors (Lipinski definition) is 2. The van der Waals surface area contributed by atoms with Crippen LogP contribution >= 0.6 is 0 Å². The van der Waals surface area contributed by atoms with E-state index in [0.29, 0.717) is 34.6 Å². The lowest BCUT2D eigenvalue weighted by molar-refractivity contribution is -0.0818. The van der Waals surface area contributed by atoms with Crippen LogP contribution in [0.4, 0.5) is 8.78 Å². The first-order valence-corrected chi connectivity index (χ1v) is 11.3. The highest BCUT2D eigenvalue weighted by Crippen LogP contribution is 2.38. The van der Waals surface area contributed by atoms with Gasteiger partial charge in [0.2, 0.25) is 0 Å². The van der Waals surface area contributed by atoms with Gasteiger partial charge in [-0.2, -0.15) is 0 Å². The lowest BCUT2D eigenvalue weighted by Crippen LogP contribution is -2.34. The molecule has 0 spiro atoms. The van der Waals surface area contributed by atoms with Gasteiger partial charge < -0.3 is 9.47 Å². The van der Waals surface area contributed by atoms with E-state index >= 15 is 0 Å². The molecule has 2 heterocycles. The normalized spacial score (nSPS) is 27.2. The Hall–Kier alpha value is -1.78. The van der Waals surface area contributed by atoms with E-state index < -0.39 is 11.6 Å². The summed E-state index contributed by atoms with van der Waals surface area (Å²) in [4.78, 5) is 0. The summed E-state index contributed by atoms with van der Waals surface area (Å²) < 4.78 is 40.5.